The van der Waals surface area contributed by atoms with Crippen LogP contribution in [0.1, 0.15) is 33.7 Å². The van der Waals surface area contributed by atoms with Crippen LogP contribution in [0.25, 0.3) is 11.5 Å². The predicted molar refractivity (Wildman–Crippen MR) is 119 cm³/mol. The highest BCUT2D eigenvalue weighted by molar-refractivity contribution is 6.04. The molecule has 0 aliphatic carbocycles. The molecule has 0 saturated carbocycles. The summed E-state index contributed by atoms with van der Waals surface area (Å²) >= 11 is 0. The van der Waals surface area contributed by atoms with Crippen LogP contribution in [0, 0.1) is 5.82 Å². The van der Waals surface area contributed by atoms with Gasteiger partial charge in [0, 0.05) is 40.2 Å². The Labute approximate surface area is 190 Å². The van der Waals surface area contributed by atoms with Gasteiger partial charge in [-0.15, -0.1) is 10.2 Å². The average Bonchev–Trinajstić information content (AvgIpc) is 3.42. The second-order valence-corrected chi connectivity index (χ2v) is 8.51. The van der Waals surface area contributed by atoms with Crippen LogP contribution in [0.15, 0.2) is 30.3 Å². The molecular formula is C23H24FN7O2. The highest BCUT2D eigenvalue weighted by Gasteiger charge is 2.25. The minimum Gasteiger partial charge on any atom is -0.331 e. The number of halogens is 1. The number of carbonyl (C=O) groups excluding carboxylic acids is 2. The van der Waals surface area contributed by atoms with Gasteiger partial charge in [0.2, 0.25) is 0 Å². The summed E-state index contributed by atoms with van der Waals surface area (Å²) in [6, 6.07) is 8.03. The minimum atomic E-state index is -0.595. The molecule has 1 N–H and O–H groups in total. The fourth-order valence-corrected chi connectivity index (χ4v) is 4.35. The van der Waals surface area contributed by atoms with Gasteiger partial charge in [-0.25, -0.2) is 14.2 Å². The Morgan fingerprint density at radius 2 is 1.94 bits per heavy atom. The first-order valence-corrected chi connectivity index (χ1v) is 10.9. The number of carbonyl (C=O) groups is 2. The Balaban J connectivity index is 1.37. The van der Waals surface area contributed by atoms with Crippen LogP contribution in [-0.4, -0.2) is 62.1 Å². The zero-order chi connectivity index (χ0) is 23.1. The van der Waals surface area contributed by atoms with Gasteiger partial charge in [0.25, 0.3) is 5.91 Å². The molecule has 0 radical (unpaired) electrons. The molecule has 0 atom stereocenters. The van der Waals surface area contributed by atoms with Gasteiger partial charge >= 0.3 is 6.03 Å². The second-order valence-electron chi connectivity index (χ2n) is 8.51. The lowest BCUT2D eigenvalue weighted by Gasteiger charge is -2.31. The largest absolute Gasteiger partial charge is 0.331 e. The molecule has 170 valence electrons. The molecule has 2 aliphatic rings. The van der Waals surface area contributed by atoms with Gasteiger partial charge in [-0.05, 0) is 48.2 Å². The van der Waals surface area contributed by atoms with Crippen LogP contribution < -0.4 is 5.32 Å². The van der Waals surface area contributed by atoms with Crippen molar-refractivity contribution in [2.45, 2.75) is 32.4 Å². The summed E-state index contributed by atoms with van der Waals surface area (Å²) in [6.45, 7) is 1.68. The molecule has 0 spiro atoms. The molecule has 2 aromatic heterocycles. The van der Waals surface area contributed by atoms with Gasteiger partial charge in [-0.2, -0.15) is 0 Å². The number of benzene rings is 1. The summed E-state index contributed by atoms with van der Waals surface area (Å²) in [5, 5.41) is 11.1. The lowest BCUT2D eigenvalue weighted by Crippen LogP contribution is -2.42. The van der Waals surface area contributed by atoms with Crippen LogP contribution in [0.5, 0.6) is 0 Å². The van der Waals surface area contributed by atoms with Crippen molar-refractivity contribution < 1.29 is 14.0 Å². The van der Waals surface area contributed by atoms with E-state index in [9.17, 15) is 14.0 Å². The van der Waals surface area contributed by atoms with Crippen LogP contribution in [-0.2, 0) is 25.9 Å². The summed E-state index contributed by atoms with van der Waals surface area (Å²) in [4.78, 5) is 32.9. The zero-order valence-corrected chi connectivity index (χ0v) is 18.5. The van der Waals surface area contributed by atoms with E-state index in [-0.39, 0.29) is 11.6 Å². The lowest BCUT2D eigenvalue weighted by molar-refractivity contribution is 0.102. The summed E-state index contributed by atoms with van der Waals surface area (Å²) in [5.74, 6) is 0.699. The topological polar surface area (TPSA) is 96.3 Å². The number of rotatable bonds is 3. The molecule has 9 nitrogen and oxygen atoms in total. The number of urea groups is 1. The molecule has 10 heteroatoms. The first kappa shape index (κ1) is 21.0. The number of aryl methyl sites for hydroxylation is 1. The number of aromatic nitrogens is 4. The van der Waals surface area contributed by atoms with Crippen LogP contribution in [0.4, 0.5) is 15.0 Å². The van der Waals surface area contributed by atoms with E-state index >= 15 is 0 Å². The molecule has 33 heavy (non-hydrogen) atoms. The quantitative estimate of drug-likeness (QED) is 0.663. The monoisotopic (exact) mass is 449 g/mol. The molecule has 0 saturated heterocycles. The van der Waals surface area contributed by atoms with E-state index in [4.69, 9.17) is 0 Å². The van der Waals surface area contributed by atoms with Crippen molar-refractivity contribution in [1.82, 2.24) is 29.5 Å². The summed E-state index contributed by atoms with van der Waals surface area (Å²) in [5.41, 5.74) is 2.09. The Morgan fingerprint density at radius 1 is 1.09 bits per heavy atom. The van der Waals surface area contributed by atoms with E-state index in [1.54, 1.807) is 37.2 Å². The summed E-state index contributed by atoms with van der Waals surface area (Å²) in [6.07, 6.45) is 2.45. The molecule has 4 heterocycles. The third-order valence-electron chi connectivity index (χ3n) is 6.03. The van der Waals surface area contributed by atoms with E-state index in [0.717, 1.165) is 36.3 Å². The Hall–Kier alpha value is -3.82. The van der Waals surface area contributed by atoms with Gasteiger partial charge in [0.05, 0.1) is 5.56 Å². The van der Waals surface area contributed by atoms with Gasteiger partial charge < -0.3 is 19.7 Å². The number of amides is 3. The highest BCUT2D eigenvalue weighted by atomic mass is 19.1. The van der Waals surface area contributed by atoms with Gasteiger partial charge in [0.15, 0.2) is 5.82 Å². The molecule has 2 aliphatic heterocycles. The van der Waals surface area contributed by atoms with E-state index in [0.29, 0.717) is 36.8 Å². The number of fused-ring (bicyclic) bond motifs is 2. The molecule has 5 rings (SSSR count). The van der Waals surface area contributed by atoms with Crippen molar-refractivity contribution in [3.63, 3.8) is 0 Å². The Kier molecular flexibility index (Phi) is 5.27. The molecule has 3 amide bonds. The van der Waals surface area contributed by atoms with Crippen molar-refractivity contribution in [3.8, 4) is 11.5 Å². The maximum absolute atomic E-state index is 14.8. The van der Waals surface area contributed by atoms with E-state index < -0.39 is 11.7 Å². The number of nitrogens with zero attached hydrogens (tertiary/aromatic N) is 6. The minimum absolute atomic E-state index is 0.0801. The van der Waals surface area contributed by atoms with Gasteiger partial charge in [-0.1, -0.05) is 6.07 Å². The zero-order valence-electron chi connectivity index (χ0n) is 18.5. The first-order valence-electron chi connectivity index (χ1n) is 10.9. The van der Waals surface area contributed by atoms with Crippen molar-refractivity contribution >= 4 is 17.8 Å². The van der Waals surface area contributed by atoms with Crippen LogP contribution >= 0.6 is 0 Å². The third kappa shape index (κ3) is 3.92. The first-order chi connectivity index (χ1) is 15.9. The van der Waals surface area contributed by atoms with E-state index in [2.05, 4.69) is 20.5 Å². The highest BCUT2D eigenvalue weighted by Crippen LogP contribution is 2.25. The molecular weight excluding hydrogens is 425 g/mol. The molecule has 0 fully saturated rings. The number of nitrogens with one attached hydrogen (secondary N) is 1. The average molecular weight is 449 g/mol. The second kappa shape index (κ2) is 8.27. The number of anilines is 1. The molecule has 3 aromatic rings. The molecule has 0 unspecified atom stereocenters. The van der Waals surface area contributed by atoms with Gasteiger partial charge in [-0.3, -0.25) is 4.79 Å². The third-order valence-corrected chi connectivity index (χ3v) is 6.03. The van der Waals surface area contributed by atoms with Crippen LogP contribution in [0.2, 0.25) is 0 Å². The maximum atomic E-state index is 14.8. The molecule has 0 bridgehead atoms. The Bertz CT molecular complexity index is 1250. The van der Waals surface area contributed by atoms with E-state index in [1.165, 1.54) is 17.0 Å². The van der Waals surface area contributed by atoms with Crippen molar-refractivity contribution in [1.29, 1.82) is 0 Å². The number of hydrogen-bond acceptors (Lipinski definition) is 5. The fraction of sp³-hybridized carbons (Fsp3) is 0.348. The van der Waals surface area contributed by atoms with E-state index in [1.807, 2.05) is 4.57 Å². The summed E-state index contributed by atoms with van der Waals surface area (Å²) < 4.78 is 16.8. The van der Waals surface area contributed by atoms with Crippen LogP contribution in [0.3, 0.4) is 0 Å². The normalized spacial score (nSPS) is 14.6. The SMILES string of the molecule is CN(C)C(=O)N1CCc2cc(F)c(C(=O)Nc3cccc(-c4nnc5n4CCC5)n3)cc2C1. The number of pyridine rings is 1. The van der Waals surface area contributed by atoms with Gasteiger partial charge in [0.1, 0.15) is 23.2 Å². The summed E-state index contributed by atoms with van der Waals surface area (Å²) in [7, 11) is 3.38. The number of hydrogen-bond donors (Lipinski definition) is 1. The van der Waals surface area contributed by atoms with Crippen molar-refractivity contribution in [3.05, 3.63) is 58.7 Å². The maximum Gasteiger partial charge on any atom is 0.319 e. The predicted octanol–water partition coefficient (Wildman–Crippen LogP) is 2.72. The lowest BCUT2D eigenvalue weighted by atomic mass is 9.96. The fourth-order valence-electron chi connectivity index (χ4n) is 4.35. The van der Waals surface area contributed by atoms with Crippen molar-refractivity contribution in [2.75, 3.05) is 26.0 Å². The molecule has 1 aromatic carbocycles. The smallest absolute Gasteiger partial charge is 0.319 e. The Morgan fingerprint density at radius 3 is 2.76 bits per heavy atom. The van der Waals surface area contributed by atoms with Crippen molar-refractivity contribution in [2.24, 2.45) is 0 Å². The standard InChI is InChI=1S/C23H24FN7O2/c1-29(2)23(33)30-10-8-14-12-17(24)16(11-15(14)13-30)22(32)26-19-6-3-5-18(25-19)21-28-27-20-7-4-9-31(20)21/h3,5-6,11-12H,4,7-10,13H2,1-2H3,(H,25,26,32).